The summed E-state index contributed by atoms with van der Waals surface area (Å²) in [5.41, 5.74) is 2.27. The Morgan fingerprint density at radius 1 is 1.38 bits per heavy atom. The van der Waals surface area contributed by atoms with E-state index in [4.69, 9.17) is 16.3 Å². The predicted octanol–water partition coefficient (Wildman–Crippen LogP) is 3.14. The maximum atomic E-state index is 12.2. The van der Waals surface area contributed by atoms with Crippen LogP contribution in [-0.4, -0.2) is 28.1 Å². The average molecular weight is 307 g/mol. The van der Waals surface area contributed by atoms with E-state index >= 15 is 0 Å². The van der Waals surface area contributed by atoms with Crippen molar-refractivity contribution < 1.29 is 14.3 Å². The molecule has 0 bridgehead atoms. The van der Waals surface area contributed by atoms with Gasteiger partial charge in [-0.1, -0.05) is 11.6 Å². The first-order valence-electron chi connectivity index (χ1n) is 6.38. The topological polar surface area (TPSA) is 72.0 Å². The minimum absolute atomic E-state index is 0.0727. The summed E-state index contributed by atoms with van der Waals surface area (Å²) in [5, 5.41) is 0.203. The van der Waals surface area contributed by atoms with Gasteiger partial charge in [0.1, 0.15) is 0 Å². The second-order valence-electron chi connectivity index (χ2n) is 4.69. The van der Waals surface area contributed by atoms with Crippen LogP contribution < -0.4 is 4.74 Å². The van der Waals surface area contributed by atoms with Gasteiger partial charge >= 0.3 is 0 Å². The number of aryl methyl sites for hydroxylation is 1. The third-order valence-electron chi connectivity index (χ3n) is 3.15. The summed E-state index contributed by atoms with van der Waals surface area (Å²) in [7, 11) is 0. The van der Waals surface area contributed by atoms with E-state index in [0.717, 1.165) is 0 Å². The molecule has 0 amide bonds. The number of aromatic amines is 1. The lowest BCUT2D eigenvalue weighted by atomic mass is 10.1. The number of hydrogen-bond acceptors (Lipinski definition) is 4. The molecule has 0 aliphatic carbocycles. The Morgan fingerprint density at radius 2 is 2.10 bits per heavy atom. The molecule has 0 spiro atoms. The fraction of sp³-hybridized carbons (Fsp3) is 0.267. The minimum Gasteiger partial charge on any atom is -0.482 e. The highest BCUT2D eigenvalue weighted by Crippen LogP contribution is 2.22. The van der Waals surface area contributed by atoms with Crippen LogP contribution in [0.4, 0.5) is 0 Å². The number of ether oxygens (including phenoxy) is 1. The number of carbonyl (C=O) groups excluding carboxylic acids is 2. The number of aromatic nitrogens is 2. The fourth-order valence-corrected chi connectivity index (χ4v) is 2.43. The quantitative estimate of drug-likeness (QED) is 0.680. The molecule has 5 nitrogen and oxygen atoms in total. The molecule has 2 rings (SSSR count). The first-order valence-corrected chi connectivity index (χ1v) is 6.76. The lowest BCUT2D eigenvalue weighted by molar-refractivity contribution is 0.0916. The smallest absolute Gasteiger partial charge is 0.216 e. The van der Waals surface area contributed by atoms with Gasteiger partial charge in [-0.15, -0.1) is 0 Å². The lowest BCUT2D eigenvalue weighted by Gasteiger charge is -2.06. The Bertz CT molecular complexity index is 707. The molecule has 0 fully saturated rings. The van der Waals surface area contributed by atoms with Crippen LogP contribution in [-0.2, 0) is 0 Å². The standard InChI is InChI=1S/C15H15ClN2O3/c1-8-13(10(3)19)9(2)18-14(8)11(20)7-21-12-5-4-6-17-15(12)16/h4-6,18H,7H2,1-3H3. The largest absolute Gasteiger partial charge is 0.482 e. The number of hydrogen-bond donors (Lipinski definition) is 1. The molecule has 21 heavy (non-hydrogen) atoms. The van der Waals surface area contributed by atoms with Crippen molar-refractivity contribution in [3.05, 3.63) is 46.0 Å². The van der Waals surface area contributed by atoms with Crippen LogP contribution in [0.25, 0.3) is 0 Å². The van der Waals surface area contributed by atoms with Crippen LogP contribution in [0.1, 0.15) is 39.0 Å². The van der Waals surface area contributed by atoms with Crippen LogP contribution in [0.2, 0.25) is 5.15 Å². The molecule has 0 aromatic carbocycles. The molecule has 1 N–H and O–H groups in total. The Morgan fingerprint density at radius 3 is 2.67 bits per heavy atom. The van der Waals surface area contributed by atoms with Crippen molar-refractivity contribution in [2.75, 3.05) is 6.61 Å². The van der Waals surface area contributed by atoms with Gasteiger partial charge in [-0.25, -0.2) is 4.98 Å². The highest BCUT2D eigenvalue weighted by Gasteiger charge is 2.20. The van der Waals surface area contributed by atoms with Crippen molar-refractivity contribution in [2.45, 2.75) is 20.8 Å². The zero-order chi connectivity index (χ0) is 15.6. The van der Waals surface area contributed by atoms with Gasteiger partial charge in [-0.2, -0.15) is 0 Å². The molecule has 0 aliphatic heterocycles. The van der Waals surface area contributed by atoms with E-state index in [1.807, 2.05) is 0 Å². The average Bonchev–Trinajstić information content (AvgIpc) is 2.73. The minimum atomic E-state index is -0.247. The number of halogens is 1. The molecule has 6 heteroatoms. The lowest BCUT2D eigenvalue weighted by Crippen LogP contribution is -2.13. The molecule has 0 unspecified atom stereocenters. The zero-order valence-corrected chi connectivity index (χ0v) is 12.7. The zero-order valence-electron chi connectivity index (χ0n) is 12.0. The highest BCUT2D eigenvalue weighted by molar-refractivity contribution is 6.30. The molecule has 0 saturated carbocycles. The molecule has 0 atom stereocenters. The van der Waals surface area contributed by atoms with E-state index in [0.29, 0.717) is 28.3 Å². The number of carbonyl (C=O) groups is 2. The molecule has 2 aromatic heterocycles. The summed E-state index contributed by atoms with van der Waals surface area (Å²) in [6.45, 7) is 4.80. The van der Waals surface area contributed by atoms with E-state index in [1.54, 1.807) is 26.0 Å². The van der Waals surface area contributed by atoms with Gasteiger partial charge in [0, 0.05) is 17.5 Å². The van der Waals surface area contributed by atoms with E-state index in [2.05, 4.69) is 9.97 Å². The van der Waals surface area contributed by atoms with Crippen molar-refractivity contribution >= 4 is 23.2 Å². The summed E-state index contributed by atoms with van der Waals surface area (Å²) in [6, 6.07) is 3.31. The van der Waals surface area contributed by atoms with E-state index in [1.165, 1.54) is 13.1 Å². The summed E-state index contributed by atoms with van der Waals surface area (Å²) in [5.74, 6) is 0.0276. The first kappa shape index (κ1) is 15.3. The van der Waals surface area contributed by atoms with Crippen molar-refractivity contribution in [2.24, 2.45) is 0 Å². The fourth-order valence-electron chi connectivity index (χ4n) is 2.25. The second-order valence-corrected chi connectivity index (χ2v) is 5.04. The van der Waals surface area contributed by atoms with Crippen LogP contribution in [0, 0.1) is 13.8 Å². The van der Waals surface area contributed by atoms with Gasteiger partial charge in [0.15, 0.2) is 23.3 Å². The van der Waals surface area contributed by atoms with Gasteiger partial charge < -0.3 is 9.72 Å². The molecule has 0 radical (unpaired) electrons. The molecule has 0 saturated heterocycles. The van der Waals surface area contributed by atoms with E-state index in [9.17, 15) is 9.59 Å². The van der Waals surface area contributed by atoms with E-state index < -0.39 is 0 Å². The second kappa shape index (κ2) is 6.10. The van der Waals surface area contributed by atoms with Crippen molar-refractivity contribution in [3.8, 4) is 5.75 Å². The maximum Gasteiger partial charge on any atom is 0.216 e. The van der Waals surface area contributed by atoms with Gasteiger partial charge in [0.05, 0.1) is 5.69 Å². The van der Waals surface area contributed by atoms with Gasteiger partial charge in [-0.05, 0) is 38.5 Å². The summed E-state index contributed by atoms with van der Waals surface area (Å²) in [6.07, 6.45) is 1.54. The Labute approximate surface area is 127 Å². The Hall–Kier alpha value is -2.14. The van der Waals surface area contributed by atoms with E-state index in [-0.39, 0.29) is 23.3 Å². The van der Waals surface area contributed by atoms with Crippen molar-refractivity contribution in [1.29, 1.82) is 0 Å². The monoisotopic (exact) mass is 306 g/mol. The highest BCUT2D eigenvalue weighted by atomic mass is 35.5. The number of H-pyrrole nitrogens is 1. The van der Waals surface area contributed by atoms with Crippen LogP contribution in [0.5, 0.6) is 5.75 Å². The number of Topliss-reactive ketones (excluding diaryl/α,β-unsaturated/α-hetero) is 2. The predicted molar refractivity (Wildman–Crippen MR) is 79.3 cm³/mol. The SMILES string of the molecule is CC(=O)c1c(C)[nH]c(C(=O)COc2cccnc2Cl)c1C. The third-order valence-corrected chi connectivity index (χ3v) is 3.44. The molecule has 2 heterocycles. The van der Waals surface area contributed by atoms with Crippen LogP contribution in [0.3, 0.4) is 0 Å². The third kappa shape index (κ3) is 3.13. The number of pyridine rings is 1. The molecular weight excluding hydrogens is 292 g/mol. The van der Waals surface area contributed by atoms with Gasteiger partial charge in [0.2, 0.25) is 5.78 Å². The number of ketones is 2. The van der Waals surface area contributed by atoms with Gasteiger partial charge in [0.25, 0.3) is 0 Å². The molecule has 0 aliphatic rings. The molecule has 2 aromatic rings. The Balaban J connectivity index is 2.17. The van der Waals surface area contributed by atoms with Crippen LogP contribution >= 0.6 is 11.6 Å². The number of nitrogens with one attached hydrogen (secondary N) is 1. The maximum absolute atomic E-state index is 12.2. The summed E-state index contributed by atoms with van der Waals surface area (Å²) in [4.78, 5) is 30.6. The Kier molecular flexibility index (Phi) is 4.43. The summed E-state index contributed by atoms with van der Waals surface area (Å²) >= 11 is 5.86. The van der Waals surface area contributed by atoms with Crippen molar-refractivity contribution in [3.63, 3.8) is 0 Å². The summed E-state index contributed by atoms with van der Waals surface area (Å²) < 4.78 is 5.37. The number of rotatable bonds is 5. The molecule has 110 valence electrons. The normalized spacial score (nSPS) is 10.5. The first-order chi connectivity index (χ1) is 9.91. The van der Waals surface area contributed by atoms with Crippen molar-refractivity contribution in [1.82, 2.24) is 9.97 Å². The van der Waals surface area contributed by atoms with Crippen LogP contribution in [0.15, 0.2) is 18.3 Å². The number of nitrogens with zero attached hydrogens (tertiary/aromatic N) is 1. The molecular formula is C15H15ClN2O3. The van der Waals surface area contributed by atoms with Gasteiger partial charge in [-0.3, -0.25) is 9.59 Å².